The normalized spacial score (nSPS) is 17.1. The Morgan fingerprint density at radius 2 is 1.82 bits per heavy atom. The molecule has 0 rings (SSSR count). The lowest BCUT2D eigenvalue weighted by molar-refractivity contribution is 0.364. The molecule has 0 spiro atoms. The molecule has 0 heteroatoms. The summed E-state index contributed by atoms with van der Waals surface area (Å²) in [5.41, 5.74) is 0. The molecule has 0 radical (unpaired) electrons. The summed E-state index contributed by atoms with van der Waals surface area (Å²) in [6.45, 7) is 9.06. The maximum Gasteiger partial charge on any atom is -0.0322 e. The van der Waals surface area contributed by atoms with Gasteiger partial charge in [0, 0.05) is 0 Å². The first-order valence-electron chi connectivity index (χ1n) is 4.83. The highest BCUT2D eigenvalue weighted by molar-refractivity contribution is 4.80. The van der Waals surface area contributed by atoms with Crippen LogP contribution in [0.3, 0.4) is 0 Å². The van der Waals surface area contributed by atoms with Crippen molar-refractivity contribution in [3.8, 4) is 0 Å². The average Bonchev–Trinajstić information content (AvgIpc) is 2.00. The molecule has 0 aromatic carbocycles. The Bertz CT molecular complexity index is 103. The second-order valence-corrected chi connectivity index (χ2v) is 3.55. The van der Waals surface area contributed by atoms with Crippen molar-refractivity contribution in [1.82, 2.24) is 0 Å². The van der Waals surface area contributed by atoms with Crippen molar-refractivity contribution in [2.75, 3.05) is 0 Å². The van der Waals surface area contributed by atoms with E-state index in [1.807, 2.05) is 0 Å². The van der Waals surface area contributed by atoms with Gasteiger partial charge in [-0.1, -0.05) is 45.8 Å². The van der Waals surface area contributed by atoms with Crippen LogP contribution in [-0.4, -0.2) is 0 Å². The minimum absolute atomic E-state index is 0.853. The molecule has 0 aromatic heterocycles. The van der Waals surface area contributed by atoms with Gasteiger partial charge < -0.3 is 0 Å². The van der Waals surface area contributed by atoms with E-state index in [1.165, 1.54) is 19.3 Å². The molecular formula is C11H22. The molecule has 0 aliphatic carbocycles. The van der Waals surface area contributed by atoms with Crippen LogP contribution in [0.5, 0.6) is 0 Å². The Morgan fingerprint density at radius 3 is 2.27 bits per heavy atom. The van der Waals surface area contributed by atoms with Gasteiger partial charge in [0.15, 0.2) is 0 Å². The van der Waals surface area contributed by atoms with Crippen molar-refractivity contribution in [2.24, 2.45) is 11.8 Å². The summed E-state index contributed by atoms with van der Waals surface area (Å²) < 4.78 is 0. The van der Waals surface area contributed by atoms with Gasteiger partial charge >= 0.3 is 0 Å². The molecule has 0 aliphatic heterocycles. The van der Waals surface area contributed by atoms with Crippen LogP contribution in [0.25, 0.3) is 0 Å². The molecule has 2 unspecified atom stereocenters. The molecule has 2 atom stereocenters. The molecule has 66 valence electrons. The van der Waals surface area contributed by atoms with Crippen LogP contribution < -0.4 is 0 Å². The van der Waals surface area contributed by atoms with Gasteiger partial charge in [0.25, 0.3) is 0 Å². The van der Waals surface area contributed by atoms with Gasteiger partial charge in [-0.15, -0.1) is 0 Å². The van der Waals surface area contributed by atoms with Gasteiger partial charge in [-0.2, -0.15) is 0 Å². The third-order valence-electron chi connectivity index (χ3n) is 2.46. The summed E-state index contributed by atoms with van der Waals surface area (Å²) in [7, 11) is 0. The predicted octanol–water partition coefficient (Wildman–Crippen LogP) is 4.02. The highest BCUT2D eigenvalue weighted by atomic mass is 14.1. The van der Waals surface area contributed by atoms with E-state index in [4.69, 9.17) is 0 Å². The molecule has 0 aliphatic rings. The van der Waals surface area contributed by atoms with E-state index in [9.17, 15) is 0 Å². The summed E-state index contributed by atoms with van der Waals surface area (Å²) in [4.78, 5) is 0. The summed E-state index contributed by atoms with van der Waals surface area (Å²) >= 11 is 0. The zero-order valence-corrected chi connectivity index (χ0v) is 8.43. The van der Waals surface area contributed by atoms with Crippen LogP contribution in [0.2, 0.25) is 0 Å². The average molecular weight is 154 g/mol. The quantitative estimate of drug-likeness (QED) is 0.524. The number of hydrogen-bond donors (Lipinski definition) is 0. The second kappa shape index (κ2) is 6.45. The topological polar surface area (TPSA) is 0 Å². The summed E-state index contributed by atoms with van der Waals surface area (Å²) in [6, 6.07) is 0. The smallest absolute Gasteiger partial charge is 0.0322 e. The number of rotatable bonds is 5. The summed E-state index contributed by atoms with van der Waals surface area (Å²) in [5, 5.41) is 0. The fraction of sp³-hybridized carbons (Fsp3) is 0.818. The molecule has 0 saturated carbocycles. The monoisotopic (exact) mass is 154 g/mol. The predicted molar refractivity (Wildman–Crippen MR) is 52.7 cm³/mol. The third kappa shape index (κ3) is 5.06. The van der Waals surface area contributed by atoms with Crippen molar-refractivity contribution < 1.29 is 0 Å². The summed E-state index contributed by atoms with van der Waals surface area (Å²) in [6.07, 6.45) is 8.36. The van der Waals surface area contributed by atoms with Crippen LogP contribution in [-0.2, 0) is 0 Å². The van der Waals surface area contributed by atoms with E-state index in [1.54, 1.807) is 0 Å². The highest BCUT2D eigenvalue weighted by Crippen LogP contribution is 2.19. The summed E-state index contributed by atoms with van der Waals surface area (Å²) in [5.74, 6) is 1.74. The lowest BCUT2D eigenvalue weighted by Crippen LogP contribution is -2.06. The minimum atomic E-state index is 0.853. The maximum absolute atomic E-state index is 2.36. The van der Waals surface area contributed by atoms with Crippen molar-refractivity contribution in [3.63, 3.8) is 0 Å². The van der Waals surface area contributed by atoms with Crippen molar-refractivity contribution in [3.05, 3.63) is 12.2 Å². The first-order valence-corrected chi connectivity index (χ1v) is 4.83. The van der Waals surface area contributed by atoms with Crippen LogP contribution in [0.1, 0.15) is 47.0 Å². The maximum atomic E-state index is 2.36. The molecule has 0 saturated heterocycles. The first kappa shape index (κ1) is 10.7. The van der Waals surface area contributed by atoms with Crippen molar-refractivity contribution >= 4 is 0 Å². The van der Waals surface area contributed by atoms with Gasteiger partial charge in [0.2, 0.25) is 0 Å². The Kier molecular flexibility index (Phi) is 6.30. The van der Waals surface area contributed by atoms with Gasteiger partial charge in [-0.3, -0.25) is 0 Å². The van der Waals surface area contributed by atoms with Gasteiger partial charge in [0.1, 0.15) is 0 Å². The van der Waals surface area contributed by atoms with E-state index in [0.29, 0.717) is 0 Å². The third-order valence-corrected chi connectivity index (χ3v) is 2.46. The highest BCUT2D eigenvalue weighted by Gasteiger charge is 2.08. The molecule has 0 nitrogen and oxygen atoms in total. The molecule has 11 heavy (non-hydrogen) atoms. The Hall–Kier alpha value is -0.260. The Labute approximate surface area is 71.7 Å². The number of allylic oxidation sites excluding steroid dienone is 2. The minimum Gasteiger partial charge on any atom is -0.0917 e. The van der Waals surface area contributed by atoms with E-state index in [2.05, 4.69) is 39.8 Å². The van der Waals surface area contributed by atoms with Crippen molar-refractivity contribution in [2.45, 2.75) is 47.0 Å². The zero-order valence-electron chi connectivity index (χ0n) is 8.43. The standard InChI is InChI=1S/C11H22/c1-5-7-9-11(4)10(3)8-6-2/h5,7,10-11H,6,8-9H2,1-4H3/b7-5-. The zero-order chi connectivity index (χ0) is 8.69. The van der Waals surface area contributed by atoms with Crippen LogP contribution in [0, 0.1) is 11.8 Å². The lowest BCUT2D eigenvalue weighted by Gasteiger charge is -2.17. The first-order chi connectivity index (χ1) is 5.22. The van der Waals surface area contributed by atoms with Crippen LogP contribution in [0.4, 0.5) is 0 Å². The van der Waals surface area contributed by atoms with Gasteiger partial charge in [-0.25, -0.2) is 0 Å². The van der Waals surface area contributed by atoms with E-state index < -0.39 is 0 Å². The number of hydrogen-bond acceptors (Lipinski definition) is 0. The van der Waals surface area contributed by atoms with E-state index in [0.717, 1.165) is 11.8 Å². The Balaban J connectivity index is 3.54. The lowest BCUT2D eigenvalue weighted by atomic mass is 9.89. The molecule has 0 aromatic rings. The molecule has 0 bridgehead atoms. The molecular weight excluding hydrogens is 132 g/mol. The molecule has 0 fully saturated rings. The molecule has 0 heterocycles. The Morgan fingerprint density at radius 1 is 1.18 bits per heavy atom. The fourth-order valence-electron chi connectivity index (χ4n) is 1.32. The van der Waals surface area contributed by atoms with Gasteiger partial charge in [0.05, 0.1) is 0 Å². The SMILES string of the molecule is C/C=C\CC(C)C(C)CCC. The molecule has 0 N–H and O–H groups in total. The van der Waals surface area contributed by atoms with E-state index in [-0.39, 0.29) is 0 Å². The van der Waals surface area contributed by atoms with Crippen LogP contribution >= 0.6 is 0 Å². The van der Waals surface area contributed by atoms with Crippen LogP contribution in [0.15, 0.2) is 12.2 Å². The van der Waals surface area contributed by atoms with E-state index >= 15 is 0 Å². The fourth-order valence-corrected chi connectivity index (χ4v) is 1.32. The van der Waals surface area contributed by atoms with Gasteiger partial charge in [-0.05, 0) is 25.2 Å². The largest absolute Gasteiger partial charge is 0.0917 e. The molecule has 0 amide bonds. The van der Waals surface area contributed by atoms with Crippen molar-refractivity contribution in [1.29, 1.82) is 0 Å². The second-order valence-electron chi connectivity index (χ2n) is 3.55.